The zero-order chi connectivity index (χ0) is 15.5. The van der Waals surface area contributed by atoms with Crippen LogP contribution in [0.5, 0.6) is 5.75 Å². The minimum absolute atomic E-state index is 0.0311. The number of para-hydroxylation sites is 2. The zero-order valence-electron chi connectivity index (χ0n) is 11.7. The predicted octanol–water partition coefficient (Wildman–Crippen LogP) is 0.607. The van der Waals surface area contributed by atoms with Crippen LogP contribution in [0.15, 0.2) is 41.5 Å². The largest absolute Gasteiger partial charge is 0.495 e. The van der Waals surface area contributed by atoms with E-state index >= 15 is 0 Å². The number of hydrogen-bond acceptors (Lipinski definition) is 5. The van der Waals surface area contributed by atoms with Gasteiger partial charge in [0.2, 0.25) is 5.91 Å². The Labute approximate surface area is 124 Å². The number of amides is 1. The second-order valence-corrected chi connectivity index (χ2v) is 4.53. The van der Waals surface area contributed by atoms with Gasteiger partial charge in [-0.25, -0.2) is 9.97 Å². The van der Waals surface area contributed by atoms with Crippen LogP contribution in [0, 0.1) is 0 Å². The summed E-state index contributed by atoms with van der Waals surface area (Å²) >= 11 is 0. The summed E-state index contributed by atoms with van der Waals surface area (Å²) in [6, 6.07) is 8.37. The summed E-state index contributed by atoms with van der Waals surface area (Å²) < 4.78 is 6.36. The minimum Gasteiger partial charge on any atom is -0.495 e. The maximum Gasteiger partial charge on any atom is 0.274 e. The van der Waals surface area contributed by atoms with Gasteiger partial charge in [-0.2, -0.15) is 4.52 Å². The number of benzene rings is 1. The van der Waals surface area contributed by atoms with Gasteiger partial charge in [-0.15, -0.1) is 0 Å². The van der Waals surface area contributed by atoms with Gasteiger partial charge in [-0.05, 0) is 12.1 Å². The summed E-state index contributed by atoms with van der Waals surface area (Å²) in [5, 5.41) is 5.37. The Balaban J connectivity index is 1.79. The molecule has 8 heteroatoms. The first-order chi connectivity index (χ1) is 10.7. The summed E-state index contributed by atoms with van der Waals surface area (Å²) in [5.74, 6) is 0.496. The molecule has 1 amide bonds. The van der Waals surface area contributed by atoms with Crippen LogP contribution in [0.2, 0.25) is 0 Å². The molecule has 0 atom stereocenters. The number of methoxy groups -OCH3 is 1. The summed E-state index contributed by atoms with van der Waals surface area (Å²) in [7, 11) is 1.53. The van der Waals surface area contributed by atoms with Crippen molar-refractivity contribution in [1.29, 1.82) is 0 Å². The van der Waals surface area contributed by atoms with Gasteiger partial charge in [0.25, 0.3) is 11.3 Å². The Morgan fingerprint density at radius 3 is 3.05 bits per heavy atom. The van der Waals surface area contributed by atoms with Crippen LogP contribution in [0.25, 0.3) is 5.78 Å². The van der Waals surface area contributed by atoms with E-state index in [0.29, 0.717) is 17.1 Å². The number of anilines is 1. The molecule has 0 aliphatic heterocycles. The normalized spacial score (nSPS) is 10.6. The maximum absolute atomic E-state index is 12.1. The lowest BCUT2D eigenvalue weighted by Gasteiger charge is -2.09. The van der Waals surface area contributed by atoms with Crippen molar-refractivity contribution < 1.29 is 9.53 Å². The van der Waals surface area contributed by atoms with E-state index in [1.54, 1.807) is 18.2 Å². The molecular formula is C14H13N5O3. The van der Waals surface area contributed by atoms with Crippen molar-refractivity contribution in [2.45, 2.75) is 6.42 Å². The minimum atomic E-state index is -0.317. The molecule has 8 nitrogen and oxygen atoms in total. The number of aromatic amines is 1. The van der Waals surface area contributed by atoms with E-state index < -0.39 is 0 Å². The van der Waals surface area contributed by atoms with Crippen LogP contribution in [0.4, 0.5) is 5.69 Å². The van der Waals surface area contributed by atoms with Crippen LogP contribution in [0.3, 0.4) is 0 Å². The Morgan fingerprint density at radius 1 is 1.41 bits per heavy atom. The molecule has 3 rings (SSSR count). The smallest absolute Gasteiger partial charge is 0.274 e. The SMILES string of the molecule is COc1ccccc1NC(=O)Cc1cc(=O)n2[nH]cnc2n1. The number of fused-ring (bicyclic) bond motifs is 1. The van der Waals surface area contributed by atoms with E-state index in [-0.39, 0.29) is 23.7 Å². The van der Waals surface area contributed by atoms with Crippen molar-refractivity contribution in [1.82, 2.24) is 19.6 Å². The van der Waals surface area contributed by atoms with Crippen molar-refractivity contribution >= 4 is 17.4 Å². The highest BCUT2D eigenvalue weighted by molar-refractivity contribution is 5.93. The van der Waals surface area contributed by atoms with E-state index in [1.165, 1.54) is 24.0 Å². The summed E-state index contributed by atoms with van der Waals surface area (Å²) in [4.78, 5) is 31.9. The van der Waals surface area contributed by atoms with Gasteiger partial charge in [0.1, 0.15) is 12.1 Å². The number of carbonyl (C=O) groups is 1. The summed E-state index contributed by atoms with van der Waals surface area (Å²) in [6.07, 6.45) is 1.33. The van der Waals surface area contributed by atoms with Gasteiger partial charge in [-0.3, -0.25) is 14.7 Å². The first kappa shape index (κ1) is 13.8. The first-order valence-electron chi connectivity index (χ1n) is 6.52. The van der Waals surface area contributed by atoms with Gasteiger partial charge < -0.3 is 10.1 Å². The highest BCUT2D eigenvalue weighted by Gasteiger charge is 2.11. The standard InChI is InChI=1S/C14H13N5O3/c1-22-11-5-3-2-4-10(11)18-12(20)6-9-7-13(21)19-14(17-9)15-8-16-19/h2-5,7-8H,6H2,1H3,(H,18,20)(H,15,16,17). The Kier molecular flexibility index (Phi) is 3.57. The second-order valence-electron chi connectivity index (χ2n) is 4.53. The lowest BCUT2D eigenvalue weighted by Crippen LogP contribution is -2.20. The first-order valence-corrected chi connectivity index (χ1v) is 6.52. The number of aromatic nitrogens is 4. The van der Waals surface area contributed by atoms with Crippen LogP contribution in [-0.4, -0.2) is 32.6 Å². The monoisotopic (exact) mass is 299 g/mol. The Morgan fingerprint density at radius 2 is 2.23 bits per heavy atom. The second kappa shape index (κ2) is 5.68. The highest BCUT2D eigenvalue weighted by Crippen LogP contribution is 2.22. The molecule has 0 aliphatic carbocycles. The molecule has 0 unspecified atom stereocenters. The fourth-order valence-corrected chi connectivity index (χ4v) is 2.07. The van der Waals surface area contributed by atoms with E-state index in [9.17, 15) is 9.59 Å². The van der Waals surface area contributed by atoms with Crippen molar-refractivity contribution in [2.75, 3.05) is 12.4 Å². The lowest BCUT2D eigenvalue weighted by atomic mass is 10.2. The fraction of sp³-hybridized carbons (Fsp3) is 0.143. The summed E-state index contributed by atoms with van der Waals surface area (Å²) in [6.45, 7) is 0. The van der Waals surface area contributed by atoms with Crippen LogP contribution < -0.4 is 15.6 Å². The molecule has 1 aromatic carbocycles. The Hall–Kier alpha value is -3.16. The number of H-pyrrole nitrogens is 1. The van der Waals surface area contributed by atoms with Gasteiger partial charge in [0.05, 0.1) is 24.9 Å². The average molecular weight is 299 g/mol. The quantitative estimate of drug-likeness (QED) is 0.735. The molecule has 2 N–H and O–H groups in total. The van der Waals surface area contributed by atoms with E-state index in [2.05, 4.69) is 20.4 Å². The van der Waals surface area contributed by atoms with Crippen molar-refractivity contribution in [3.05, 3.63) is 52.7 Å². The average Bonchev–Trinajstić information content (AvgIpc) is 2.96. The van der Waals surface area contributed by atoms with E-state index in [1.807, 2.05) is 6.07 Å². The molecule has 0 bridgehead atoms. The molecule has 3 aromatic rings. The third-order valence-corrected chi connectivity index (χ3v) is 3.04. The van der Waals surface area contributed by atoms with E-state index in [4.69, 9.17) is 4.74 Å². The number of nitrogens with one attached hydrogen (secondary N) is 2. The van der Waals surface area contributed by atoms with Gasteiger partial charge in [0, 0.05) is 6.07 Å². The highest BCUT2D eigenvalue weighted by atomic mass is 16.5. The van der Waals surface area contributed by atoms with Crippen LogP contribution in [-0.2, 0) is 11.2 Å². The molecular weight excluding hydrogens is 286 g/mol. The topological polar surface area (TPSA) is 101 Å². The molecule has 0 saturated carbocycles. The molecule has 0 spiro atoms. The third-order valence-electron chi connectivity index (χ3n) is 3.04. The fourth-order valence-electron chi connectivity index (χ4n) is 2.07. The predicted molar refractivity (Wildman–Crippen MR) is 78.9 cm³/mol. The van der Waals surface area contributed by atoms with Crippen LogP contribution >= 0.6 is 0 Å². The number of ether oxygens (including phenoxy) is 1. The molecule has 0 saturated heterocycles. The molecule has 112 valence electrons. The lowest BCUT2D eigenvalue weighted by molar-refractivity contribution is -0.115. The Bertz CT molecular complexity index is 883. The number of rotatable bonds is 4. The molecule has 2 heterocycles. The number of carbonyl (C=O) groups excluding carboxylic acids is 1. The molecule has 0 fully saturated rings. The molecule has 0 radical (unpaired) electrons. The van der Waals surface area contributed by atoms with E-state index in [0.717, 1.165) is 0 Å². The van der Waals surface area contributed by atoms with Crippen molar-refractivity contribution in [2.24, 2.45) is 0 Å². The van der Waals surface area contributed by atoms with Gasteiger partial charge in [0.15, 0.2) is 0 Å². The number of hydrogen-bond donors (Lipinski definition) is 2. The van der Waals surface area contributed by atoms with Crippen LogP contribution in [0.1, 0.15) is 5.69 Å². The zero-order valence-corrected chi connectivity index (χ0v) is 11.7. The third kappa shape index (κ3) is 2.66. The maximum atomic E-state index is 12.1. The molecule has 0 aliphatic rings. The van der Waals surface area contributed by atoms with Crippen molar-refractivity contribution in [3.8, 4) is 5.75 Å². The van der Waals surface area contributed by atoms with Gasteiger partial charge >= 0.3 is 0 Å². The van der Waals surface area contributed by atoms with Gasteiger partial charge in [-0.1, -0.05) is 12.1 Å². The molecule has 22 heavy (non-hydrogen) atoms. The van der Waals surface area contributed by atoms with Crippen molar-refractivity contribution in [3.63, 3.8) is 0 Å². The number of nitrogens with zero attached hydrogens (tertiary/aromatic N) is 3. The summed E-state index contributed by atoms with van der Waals surface area (Å²) in [5.41, 5.74) is 0.597. The molecule has 2 aromatic heterocycles.